The molecule has 1 aromatic heterocycles. The molecule has 1 atom stereocenters. The lowest BCUT2D eigenvalue weighted by molar-refractivity contribution is -0.119. The van der Waals surface area contributed by atoms with Crippen LogP contribution in [0.15, 0.2) is 52.1 Å². The van der Waals surface area contributed by atoms with E-state index in [9.17, 15) is 4.79 Å². The number of carbonyl (C=O) groups excluding carboxylic acids is 1. The molecule has 1 amide bonds. The highest BCUT2D eigenvalue weighted by Crippen LogP contribution is 2.30. The maximum atomic E-state index is 12.2. The Morgan fingerprint density at radius 3 is 2.75 bits per heavy atom. The van der Waals surface area contributed by atoms with Gasteiger partial charge >= 0.3 is 0 Å². The van der Waals surface area contributed by atoms with Crippen molar-refractivity contribution in [3.05, 3.63) is 58.1 Å². The van der Waals surface area contributed by atoms with Crippen LogP contribution in [0.2, 0.25) is 10.0 Å². The van der Waals surface area contributed by atoms with Crippen molar-refractivity contribution in [1.29, 1.82) is 0 Å². The second-order valence-corrected chi connectivity index (χ2v) is 7.57. The lowest BCUT2D eigenvalue weighted by Gasteiger charge is -2.14. The SMILES string of the molecule is COc1ccccc1-c1nnc(SCC(=O)NC(C)c2ccc(Cl)c(Cl)c2)o1. The van der Waals surface area contributed by atoms with Crippen LogP contribution in [0.3, 0.4) is 0 Å². The van der Waals surface area contributed by atoms with Crippen LogP contribution in [-0.2, 0) is 4.79 Å². The first kappa shape index (κ1) is 20.5. The number of hydrogen-bond donors (Lipinski definition) is 1. The monoisotopic (exact) mass is 437 g/mol. The van der Waals surface area contributed by atoms with Crippen LogP contribution in [0.5, 0.6) is 5.75 Å². The van der Waals surface area contributed by atoms with Crippen molar-refractivity contribution in [3.8, 4) is 17.2 Å². The van der Waals surface area contributed by atoms with Crippen LogP contribution in [0, 0.1) is 0 Å². The molecule has 3 rings (SSSR count). The lowest BCUT2D eigenvalue weighted by Crippen LogP contribution is -2.28. The van der Waals surface area contributed by atoms with E-state index in [1.165, 1.54) is 0 Å². The summed E-state index contributed by atoms with van der Waals surface area (Å²) in [6, 6.07) is 12.4. The minimum Gasteiger partial charge on any atom is -0.496 e. The van der Waals surface area contributed by atoms with Crippen molar-refractivity contribution in [1.82, 2.24) is 15.5 Å². The summed E-state index contributed by atoms with van der Waals surface area (Å²) in [5, 5.41) is 12.1. The third kappa shape index (κ3) is 4.98. The van der Waals surface area contributed by atoms with Gasteiger partial charge in [-0.25, -0.2) is 0 Å². The molecule has 3 aromatic rings. The number of hydrogen-bond acceptors (Lipinski definition) is 6. The number of carbonyl (C=O) groups is 1. The van der Waals surface area contributed by atoms with Crippen LogP contribution < -0.4 is 10.1 Å². The molecule has 0 fully saturated rings. The summed E-state index contributed by atoms with van der Waals surface area (Å²) in [4.78, 5) is 12.2. The van der Waals surface area contributed by atoms with E-state index in [1.807, 2.05) is 37.3 Å². The maximum Gasteiger partial charge on any atom is 0.277 e. The van der Waals surface area contributed by atoms with Crippen molar-refractivity contribution in [2.24, 2.45) is 0 Å². The van der Waals surface area contributed by atoms with E-state index in [4.69, 9.17) is 32.4 Å². The highest BCUT2D eigenvalue weighted by Gasteiger charge is 2.16. The van der Waals surface area contributed by atoms with Gasteiger partial charge in [-0.1, -0.05) is 53.2 Å². The molecule has 1 heterocycles. The van der Waals surface area contributed by atoms with Gasteiger partial charge < -0.3 is 14.5 Å². The Kier molecular flexibility index (Phi) is 6.83. The molecule has 9 heteroatoms. The first-order valence-corrected chi connectivity index (χ1v) is 10.1. The average molecular weight is 438 g/mol. The summed E-state index contributed by atoms with van der Waals surface area (Å²) >= 11 is 13.1. The van der Waals surface area contributed by atoms with Gasteiger partial charge in [-0.2, -0.15) is 0 Å². The molecule has 2 aromatic carbocycles. The Morgan fingerprint density at radius 1 is 1.21 bits per heavy atom. The highest BCUT2D eigenvalue weighted by atomic mass is 35.5. The summed E-state index contributed by atoms with van der Waals surface area (Å²) < 4.78 is 10.9. The smallest absolute Gasteiger partial charge is 0.277 e. The lowest BCUT2D eigenvalue weighted by atomic mass is 10.1. The molecular weight excluding hydrogens is 421 g/mol. The number of amides is 1. The molecule has 0 radical (unpaired) electrons. The van der Waals surface area contributed by atoms with Gasteiger partial charge in [0.1, 0.15) is 5.75 Å². The summed E-state index contributed by atoms with van der Waals surface area (Å²) in [5.74, 6) is 0.945. The molecule has 6 nitrogen and oxygen atoms in total. The Balaban J connectivity index is 1.58. The predicted octanol–water partition coefficient (Wildman–Crippen LogP) is 5.02. The minimum atomic E-state index is -0.213. The number of halogens is 2. The topological polar surface area (TPSA) is 77.2 Å². The normalized spacial score (nSPS) is 11.9. The van der Waals surface area contributed by atoms with Crippen molar-refractivity contribution in [2.75, 3.05) is 12.9 Å². The molecule has 0 spiro atoms. The molecular formula is C19H17Cl2N3O3S. The van der Waals surface area contributed by atoms with Gasteiger partial charge in [0.25, 0.3) is 11.1 Å². The van der Waals surface area contributed by atoms with E-state index in [1.54, 1.807) is 19.2 Å². The van der Waals surface area contributed by atoms with Crippen LogP contribution in [0.25, 0.3) is 11.5 Å². The molecule has 1 N–H and O–H groups in total. The number of ether oxygens (including phenoxy) is 1. The van der Waals surface area contributed by atoms with Crippen molar-refractivity contribution >= 4 is 40.9 Å². The highest BCUT2D eigenvalue weighted by molar-refractivity contribution is 7.99. The molecule has 1 unspecified atom stereocenters. The second-order valence-electron chi connectivity index (χ2n) is 5.82. The third-order valence-corrected chi connectivity index (χ3v) is 5.45. The molecule has 0 bridgehead atoms. The van der Waals surface area contributed by atoms with Gasteiger partial charge in [0, 0.05) is 0 Å². The Morgan fingerprint density at radius 2 is 2.00 bits per heavy atom. The number of nitrogens with one attached hydrogen (secondary N) is 1. The zero-order valence-electron chi connectivity index (χ0n) is 15.1. The van der Waals surface area contributed by atoms with Crippen molar-refractivity contribution in [3.63, 3.8) is 0 Å². The van der Waals surface area contributed by atoms with Crippen molar-refractivity contribution in [2.45, 2.75) is 18.2 Å². The predicted molar refractivity (Wildman–Crippen MR) is 110 cm³/mol. The fraction of sp³-hybridized carbons (Fsp3) is 0.211. The number of methoxy groups -OCH3 is 1. The van der Waals surface area contributed by atoms with Crippen LogP contribution in [-0.4, -0.2) is 29.0 Å². The zero-order chi connectivity index (χ0) is 20.1. The fourth-order valence-corrected chi connectivity index (χ4v) is 3.35. The number of aromatic nitrogens is 2. The first-order chi connectivity index (χ1) is 13.5. The Labute approximate surface area is 176 Å². The molecule has 0 aliphatic heterocycles. The van der Waals surface area contributed by atoms with Crippen molar-refractivity contribution < 1.29 is 13.9 Å². The summed E-state index contributed by atoms with van der Waals surface area (Å²) in [6.07, 6.45) is 0. The Bertz CT molecular complexity index is 981. The Hall–Kier alpha value is -2.22. The largest absolute Gasteiger partial charge is 0.496 e. The van der Waals surface area contributed by atoms with Crippen LogP contribution in [0.1, 0.15) is 18.5 Å². The quantitative estimate of drug-likeness (QED) is 0.522. The number of rotatable bonds is 7. The number of thioether (sulfide) groups is 1. The molecule has 0 aliphatic rings. The summed E-state index contributed by atoms with van der Waals surface area (Å²) in [6.45, 7) is 1.87. The van der Waals surface area contributed by atoms with Gasteiger partial charge in [-0.15, -0.1) is 10.2 Å². The number of nitrogens with zero attached hydrogens (tertiary/aromatic N) is 2. The van der Waals surface area contributed by atoms with E-state index in [0.717, 1.165) is 17.3 Å². The van der Waals surface area contributed by atoms with Gasteiger partial charge in [-0.05, 0) is 36.8 Å². The van der Waals surface area contributed by atoms with Gasteiger partial charge in [0.05, 0.1) is 34.5 Å². The van der Waals surface area contributed by atoms with Gasteiger partial charge in [0.2, 0.25) is 5.91 Å². The van der Waals surface area contributed by atoms with Crippen LogP contribution in [0.4, 0.5) is 0 Å². The van der Waals surface area contributed by atoms with E-state index >= 15 is 0 Å². The molecule has 0 saturated carbocycles. The van der Waals surface area contributed by atoms with Crippen LogP contribution >= 0.6 is 35.0 Å². The standard InChI is InChI=1S/C19H17Cl2N3O3S/c1-11(12-7-8-14(20)15(21)9-12)22-17(25)10-28-19-24-23-18(27-19)13-5-3-4-6-16(13)26-2/h3-9,11H,10H2,1-2H3,(H,22,25). The average Bonchev–Trinajstić information content (AvgIpc) is 3.17. The molecule has 0 aliphatic carbocycles. The van der Waals surface area contributed by atoms with E-state index in [0.29, 0.717) is 32.5 Å². The minimum absolute atomic E-state index is 0.138. The molecule has 0 saturated heterocycles. The number of benzene rings is 2. The van der Waals surface area contributed by atoms with Gasteiger partial charge in [-0.3, -0.25) is 4.79 Å². The first-order valence-electron chi connectivity index (χ1n) is 8.32. The number of para-hydroxylation sites is 1. The molecule has 146 valence electrons. The van der Waals surface area contributed by atoms with E-state index < -0.39 is 0 Å². The summed E-state index contributed by atoms with van der Waals surface area (Å²) in [5.41, 5.74) is 1.56. The van der Waals surface area contributed by atoms with E-state index in [2.05, 4.69) is 15.5 Å². The second kappa shape index (κ2) is 9.32. The van der Waals surface area contributed by atoms with Gasteiger partial charge in [0.15, 0.2) is 0 Å². The summed E-state index contributed by atoms with van der Waals surface area (Å²) in [7, 11) is 1.57. The van der Waals surface area contributed by atoms with E-state index in [-0.39, 0.29) is 17.7 Å². The zero-order valence-corrected chi connectivity index (χ0v) is 17.4. The fourth-order valence-electron chi connectivity index (χ4n) is 2.47. The third-order valence-electron chi connectivity index (χ3n) is 3.89. The maximum absolute atomic E-state index is 12.2. The molecule has 28 heavy (non-hydrogen) atoms.